The number of carboxylic acids is 1. The summed E-state index contributed by atoms with van der Waals surface area (Å²) in [7, 11) is 0. The van der Waals surface area contributed by atoms with E-state index in [1.807, 2.05) is 0 Å². The largest absolute Gasteiger partial charge is 0.545 e. The van der Waals surface area contributed by atoms with E-state index >= 15 is 0 Å². The van der Waals surface area contributed by atoms with Crippen LogP contribution in [0.3, 0.4) is 0 Å². The molecule has 3 rings (SSSR count). The van der Waals surface area contributed by atoms with Crippen LogP contribution >= 0.6 is 12.2 Å². The molecule has 0 aliphatic heterocycles. The SMILES string of the molecule is O=C([O-])c1ccc(/C=N/n2c(C3CCCCC3)n[nH]c2=S)cc1. The molecule has 1 aliphatic carbocycles. The molecule has 6 nitrogen and oxygen atoms in total. The van der Waals surface area contributed by atoms with Gasteiger partial charge >= 0.3 is 0 Å². The maximum absolute atomic E-state index is 10.7. The highest BCUT2D eigenvalue weighted by Crippen LogP contribution is 2.31. The fraction of sp³-hybridized carbons (Fsp3) is 0.375. The number of hydrogen-bond acceptors (Lipinski definition) is 5. The molecule has 1 N–H and O–H groups in total. The number of benzene rings is 1. The average Bonchev–Trinajstić information content (AvgIpc) is 2.95. The van der Waals surface area contributed by atoms with Crippen molar-refractivity contribution >= 4 is 24.4 Å². The smallest absolute Gasteiger partial charge is 0.216 e. The third-order valence-electron chi connectivity index (χ3n) is 4.11. The molecular weight excluding hydrogens is 312 g/mol. The Labute approximate surface area is 138 Å². The first-order chi connectivity index (χ1) is 11.1. The summed E-state index contributed by atoms with van der Waals surface area (Å²) in [4.78, 5) is 10.7. The topological polar surface area (TPSA) is 86.1 Å². The van der Waals surface area contributed by atoms with Gasteiger partial charge < -0.3 is 9.90 Å². The summed E-state index contributed by atoms with van der Waals surface area (Å²) in [6, 6.07) is 6.35. The highest BCUT2D eigenvalue weighted by Gasteiger charge is 2.21. The highest BCUT2D eigenvalue weighted by molar-refractivity contribution is 7.71. The second kappa shape index (κ2) is 6.87. The molecule has 0 bridgehead atoms. The van der Waals surface area contributed by atoms with Crippen molar-refractivity contribution in [3.05, 3.63) is 46.0 Å². The number of H-pyrrole nitrogens is 1. The van der Waals surface area contributed by atoms with Crippen molar-refractivity contribution in [1.82, 2.24) is 14.9 Å². The van der Waals surface area contributed by atoms with Gasteiger partial charge in [-0.2, -0.15) is 14.9 Å². The molecular formula is C16H17N4O2S-. The lowest BCUT2D eigenvalue weighted by Gasteiger charge is -2.19. The van der Waals surface area contributed by atoms with E-state index in [-0.39, 0.29) is 5.56 Å². The second-order valence-electron chi connectivity index (χ2n) is 5.69. The van der Waals surface area contributed by atoms with Crippen LogP contribution in [0.5, 0.6) is 0 Å². The zero-order valence-corrected chi connectivity index (χ0v) is 13.4. The van der Waals surface area contributed by atoms with Gasteiger partial charge in [-0.3, -0.25) is 5.10 Å². The lowest BCUT2D eigenvalue weighted by molar-refractivity contribution is -0.255. The number of carbonyl (C=O) groups is 1. The highest BCUT2D eigenvalue weighted by atomic mass is 32.1. The summed E-state index contributed by atoms with van der Waals surface area (Å²) in [6.07, 6.45) is 7.55. The summed E-state index contributed by atoms with van der Waals surface area (Å²) in [6.45, 7) is 0. The summed E-state index contributed by atoms with van der Waals surface area (Å²) < 4.78 is 2.13. The molecule has 0 radical (unpaired) electrons. The molecule has 0 spiro atoms. The van der Waals surface area contributed by atoms with Crippen LogP contribution in [0.1, 0.15) is 59.8 Å². The molecule has 7 heteroatoms. The lowest BCUT2D eigenvalue weighted by atomic mass is 9.89. The number of aromatic carboxylic acids is 1. The van der Waals surface area contributed by atoms with Gasteiger partial charge in [0.1, 0.15) is 0 Å². The lowest BCUT2D eigenvalue weighted by Crippen LogP contribution is -2.21. The van der Waals surface area contributed by atoms with Crippen LogP contribution in [-0.2, 0) is 0 Å². The molecule has 1 aromatic carbocycles. The van der Waals surface area contributed by atoms with Crippen molar-refractivity contribution in [2.75, 3.05) is 0 Å². The molecule has 1 saturated carbocycles. The van der Waals surface area contributed by atoms with Crippen LogP contribution in [0.15, 0.2) is 29.4 Å². The zero-order chi connectivity index (χ0) is 16.2. The van der Waals surface area contributed by atoms with E-state index < -0.39 is 5.97 Å². The molecule has 23 heavy (non-hydrogen) atoms. The van der Waals surface area contributed by atoms with E-state index in [4.69, 9.17) is 12.2 Å². The Morgan fingerprint density at radius 3 is 2.65 bits per heavy atom. The van der Waals surface area contributed by atoms with E-state index in [0.717, 1.165) is 24.2 Å². The van der Waals surface area contributed by atoms with E-state index in [9.17, 15) is 9.90 Å². The summed E-state index contributed by atoms with van der Waals surface area (Å²) in [5, 5.41) is 22.3. The Morgan fingerprint density at radius 1 is 1.30 bits per heavy atom. The van der Waals surface area contributed by atoms with E-state index in [1.54, 1.807) is 23.0 Å². The number of nitrogens with zero attached hydrogens (tertiary/aromatic N) is 3. The van der Waals surface area contributed by atoms with E-state index in [2.05, 4.69) is 15.3 Å². The van der Waals surface area contributed by atoms with Crippen LogP contribution in [0.25, 0.3) is 0 Å². The number of nitrogens with one attached hydrogen (secondary N) is 1. The molecule has 1 aromatic heterocycles. The standard InChI is InChI=1S/C16H18N4O2S/c21-15(22)13-8-6-11(7-9-13)10-17-20-14(18-19-16(20)23)12-4-2-1-3-5-12/h6-10,12H,1-5H2,(H,19,23)(H,21,22)/p-1/b17-10+. The van der Waals surface area contributed by atoms with Crippen LogP contribution < -0.4 is 5.11 Å². The van der Waals surface area contributed by atoms with E-state index in [0.29, 0.717) is 10.7 Å². The van der Waals surface area contributed by atoms with E-state index in [1.165, 1.54) is 31.4 Å². The number of hydrogen-bond donors (Lipinski definition) is 1. The first-order valence-electron chi connectivity index (χ1n) is 7.68. The summed E-state index contributed by atoms with van der Waals surface area (Å²) in [5.74, 6) is 0.0664. The van der Waals surface area contributed by atoms with Gasteiger partial charge in [0.15, 0.2) is 5.82 Å². The number of carboxylic acid groups (broad SMARTS) is 1. The Balaban J connectivity index is 1.83. The number of aromatic amines is 1. The Kier molecular flexibility index (Phi) is 4.66. The molecule has 1 heterocycles. The van der Waals surface area contributed by atoms with Crippen molar-refractivity contribution in [2.24, 2.45) is 5.10 Å². The van der Waals surface area contributed by atoms with Gasteiger partial charge in [0, 0.05) is 5.92 Å². The molecule has 0 unspecified atom stereocenters. The van der Waals surface area contributed by atoms with Gasteiger partial charge in [-0.25, -0.2) is 0 Å². The Bertz CT molecular complexity index is 770. The maximum Gasteiger partial charge on any atom is 0.216 e. The maximum atomic E-state index is 10.7. The van der Waals surface area contributed by atoms with Gasteiger partial charge in [-0.1, -0.05) is 43.5 Å². The monoisotopic (exact) mass is 329 g/mol. The third kappa shape index (κ3) is 3.56. The minimum atomic E-state index is -1.19. The predicted octanol–water partition coefficient (Wildman–Crippen LogP) is 2.23. The average molecular weight is 329 g/mol. The molecule has 0 saturated heterocycles. The van der Waals surface area contributed by atoms with Crippen molar-refractivity contribution in [2.45, 2.75) is 38.0 Å². The molecule has 0 amide bonds. The minimum absolute atomic E-state index is 0.143. The van der Waals surface area contributed by atoms with Crippen molar-refractivity contribution in [3.8, 4) is 0 Å². The second-order valence-corrected chi connectivity index (χ2v) is 6.07. The normalized spacial score (nSPS) is 16.0. The summed E-state index contributed by atoms with van der Waals surface area (Å²) in [5.41, 5.74) is 0.928. The number of aromatic nitrogens is 3. The van der Waals surface area contributed by atoms with Crippen LogP contribution in [0, 0.1) is 4.77 Å². The predicted molar refractivity (Wildman–Crippen MR) is 87.0 cm³/mol. The first-order valence-corrected chi connectivity index (χ1v) is 8.09. The quantitative estimate of drug-likeness (QED) is 0.688. The van der Waals surface area contributed by atoms with Crippen LogP contribution in [0.4, 0.5) is 0 Å². The van der Waals surface area contributed by atoms with Crippen molar-refractivity contribution in [1.29, 1.82) is 0 Å². The number of rotatable bonds is 4. The van der Waals surface area contributed by atoms with Gasteiger partial charge in [0.05, 0.1) is 12.2 Å². The Morgan fingerprint density at radius 2 is 2.00 bits per heavy atom. The van der Waals surface area contributed by atoms with Crippen LogP contribution in [0.2, 0.25) is 0 Å². The zero-order valence-electron chi connectivity index (χ0n) is 12.6. The first kappa shape index (κ1) is 15.6. The van der Waals surface area contributed by atoms with Gasteiger partial charge in [0.25, 0.3) is 0 Å². The fourth-order valence-corrected chi connectivity index (χ4v) is 3.06. The Hall–Kier alpha value is -2.28. The number of carbonyl (C=O) groups excluding carboxylic acids is 1. The van der Waals surface area contributed by atoms with Crippen molar-refractivity contribution in [3.63, 3.8) is 0 Å². The van der Waals surface area contributed by atoms with Crippen LogP contribution in [-0.4, -0.2) is 27.1 Å². The van der Waals surface area contributed by atoms with Gasteiger partial charge in [-0.15, -0.1) is 0 Å². The van der Waals surface area contributed by atoms with Gasteiger partial charge in [-0.05, 0) is 36.2 Å². The minimum Gasteiger partial charge on any atom is -0.545 e. The third-order valence-corrected chi connectivity index (χ3v) is 4.38. The molecule has 1 aliphatic rings. The molecule has 2 aromatic rings. The van der Waals surface area contributed by atoms with Crippen molar-refractivity contribution < 1.29 is 9.90 Å². The molecule has 1 fully saturated rings. The molecule has 120 valence electrons. The summed E-state index contributed by atoms with van der Waals surface area (Å²) >= 11 is 5.26. The molecule has 0 atom stereocenters. The fourth-order valence-electron chi connectivity index (χ4n) is 2.87. The van der Waals surface area contributed by atoms with Gasteiger partial charge in [0.2, 0.25) is 4.77 Å².